The SMILES string of the molecule is F[Si-2](F)(F)(F)(F)F.[Nd].[Pr]. The monoisotopic (exact) mass is 425 g/mol. The van der Waals surface area contributed by atoms with Crippen LogP contribution >= 0.6 is 0 Å². The van der Waals surface area contributed by atoms with E-state index >= 15 is 0 Å². The summed E-state index contributed by atoms with van der Waals surface area (Å²) >= 11 is 0. The molecule has 0 unspecified atom stereocenters. The van der Waals surface area contributed by atoms with Gasteiger partial charge in [0.05, 0.1) is 0 Å². The maximum atomic E-state index is 9.88. The van der Waals surface area contributed by atoms with Gasteiger partial charge in [-0.2, -0.15) is 0 Å². The Kier molecular flexibility index (Phi) is 6.05. The quantitative estimate of drug-likeness (QED) is 0.316. The van der Waals surface area contributed by atoms with Crippen LogP contribution < -0.4 is 0 Å². The van der Waals surface area contributed by atoms with Gasteiger partial charge in [-0.3, -0.25) is 0 Å². The number of halogens is 6. The van der Waals surface area contributed by atoms with E-state index in [0.717, 1.165) is 0 Å². The molecule has 55 valence electrons. The summed E-state index contributed by atoms with van der Waals surface area (Å²) in [5.74, 6) is 0. The normalized spacial score (nSPS) is 18.0. The zero-order valence-corrected chi connectivity index (χ0v) is 11.8. The van der Waals surface area contributed by atoms with E-state index in [1.54, 1.807) is 0 Å². The molecule has 0 rings (SSSR count). The van der Waals surface area contributed by atoms with Crippen LogP contribution in [0.25, 0.3) is 0 Å². The summed E-state index contributed by atoms with van der Waals surface area (Å²) in [4.78, 5) is 0. The Morgan fingerprint density at radius 2 is 0.667 bits per heavy atom. The average molecular weight is 427 g/mol. The summed E-state index contributed by atoms with van der Waals surface area (Å²) in [5.41, 5.74) is 0. The maximum absolute atomic E-state index is 10.8. The third kappa shape index (κ3) is 121. The molecule has 0 nitrogen and oxygen atoms in total. The molecule has 0 bridgehead atoms. The van der Waals surface area contributed by atoms with Crippen LogP contribution in [0, 0.1) is 82.1 Å². The molecule has 9 heavy (non-hydrogen) atoms. The molecule has 0 N–H and O–H groups in total. The Balaban J connectivity index is -0.000000180. The number of rotatable bonds is 0. The van der Waals surface area contributed by atoms with Gasteiger partial charge in [0.25, 0.3) is 0 Å². The van der Waals surface area contributed by atoms with Gasteiger partial charge in [-0.05, 0) is 0 Å². The first kappa shape index (κ1) is 17.6. The molecule has 0 aliphatic carbocycles. The van der Waals surface area contributed by atoms with E-state index in [9.17, 15) is 24.6 Å². The molecule has 0 saturated heterocycles. The predicted octanol–water partition coefficient (Wildman–Crippen LogP) is 2.14. The van der Waals surface area contributed by atoms with Gasteiger partial charge < -0.3 is 0 Å². The van der Waals surface area contributed by atoms with Crippen molar-refractivity contribution in [3.63, 3.8) is 0 Å². The minimum Gasteiger partial charge on any atom is 0 e. The van der Waals surface area contributed by atoms with Gasteiger partial charge in [0, 0.05) is 82.1 Å². The molecule has 1 radical (unpaired) electrons. The van der Waals surface area contributed by atoms with Crippen molar-refractivity contribution in [1.82, 2.24) is 0 Å². The van der Waals surface area contributed by atoms with Gasteiger partial charge in [-0.15, -0.1) is 0 Å². The van der Waals surface area contributed by atoms with Gasteiger partial charge in [0.2, 0.25) is 0 Å². The van der Waals surface area contributed by atoms with Crippen LogP contribution in [-0.2, 0) is 0 Å². The predicted molar refractivity (Wildman–Crippen MR) is 12.4 cm³/mol. The van der Waals surface area contributed by atoms with Crippen LogP contribution in [0.5, 0.6) is 0 Å². The van der Waals surface area contributed by atoms with Crippen molar-refractivity contribution in [3.8, 4) is 0 Å². The van der Waals surface area contributed by atoms with Crippen LogP contribution in [0.4, 0.5) is 24.6 Å². The number of hydrogen-bond acceptors (Lipinski definition) is 0. The van der Waals surface area contributed by atoms with Gasteiger partial charge in [-0.1, -0.05) is 0 Å². The van der Waals surface area contributed by atoms with Gasteiger partial charge in [0.15, 0.2) is 0 Å². The molecule has 0 fully saturated rings. The van der Waals surface area contributed by atoms with Crippen molar-refractivity contribution in [2.24, 2.45) is 0 Å². The number of hydrogen-bond donors (Lipinski definition) is 0. The summed E-state index contributed by atoms with van der Waals surface area (Å²) in [6.07, 6.45) is 0. The molecule has 0 aromatic rings. The minimum atomic E-state index is -10.8. The molecule has 0 atom stereocenters. The van der Waals surface area contributed by atoms with Crippen molar-refractivity contribution in [2.75, 3.05) is 0 Å². The first-order valence-corrected chi connectivity index (χ1v) is 3.40. The van der Waals surface area contributed by atoms with Crippen LogP contribution in [0.15, 0.2) is 0 Å². The Morgan fingerprint density at radius 3 is 0.667 bits per heavy atom. The molecule has 0 aliphatic rings. The largest absolute Gasteiger partial charge is 0 e. The molecule has 0 aromatic carbocycles. The van der Waals surface area contributed by atoms with E-state index in [-0.39, 0.29) is 82.1 Å². The van der Waals surface area contributed by atoms with E-state index in [1.165, 1.54) is 0 Å². The summed E-state index contributed by atoms with van der Waals surface area (Å²) in [5, 5.41) is 0. The zero-order chi connectivity index (χ0) is 6.41. The van der Waals surface area contributed by atoms with Gasteiger partial charge in [-0.25, -0.2) is 0 Å². The van der Waals surface area contributed by atoms with Crippen LogP contribution in [0.2, 0.25) is 0 Å². The second kappa shape index (κ2) is 3.10. The molecule has 0 saturated carbocycles. The summed E-state index contributed by atoms with van der Waals surface area (Å²) in [7, 11) is -10.8. The standard InChI is InChI=1S/F6Si.Nd.Pr/c1-7(2,3,4,5)6;;/q-2;;. The van der Waals surface area contributed by atoms with E-state index < -0.39 is 8.63 Å². The summed E-state index contributed by atoms with van der Waals surface area (Å²) < 4.78 is 59.3. The first-order valence-electron chi connectivity index (χ1n) is 1.13. The second-order valence-corrected chi connectivity index (χ2v) is 3.21. The van der Waals surface area contributed by atoms with Gasteiger partial charge in [0.1, 0.15) is 0 Å². The molecule has 0 heterocycles. The topological polar surface area (TPSA) is 0 Å². The van der Waals surface area contributed by atoms with Crippen LogP contribution in [-0.4, -0.2) is 8.63 Å². The molecule has 0 spiro atoms. The maximum Gasteiger partial charge on any atom is 0 e. The Labute approximate surface area is 113 Å². The average Bonchev–Trinajstić information content (AvgIpc) is 0.592. The fraction of sp³-hybridized carbons (Fsp3) is 0. The summed E-state index contributed by atoms with van der Waals surface area (Å²) in [6, 6.07) is 0. The van der Waals surface area contributed by atoms with Crippen LogP contribution in [0.1, 0.15) is 0 Å². The van der Waals surface area contributed by atoms with Crippen LogP contribution in [0.3, 0.4) is 0 Å². The summed E-state index contributed by atoms with van der Waals surface area (Å²) in [6.45, 7) is 0. The van der Waals surface area contributed by atoms with Crippen molar-refractivity contribution >= 4 is 8.63 Å². The molecular weight excluding hydrogens is 427 g/mol. The smallest absolute Gasteiger partial charge is 0 e. The molecule has 0 aromatic heterocycles. The van der Waals surface area contributed by atoms with Crippen molar-refractivity contribution < 1.29 is 107 Å². The first-order chi connectivity index (χ1) is 2.45. The Hall–Kier alpha value is 2.51. The molecular formula is F6NdPrSi-2. The van der Waals surface area contributed by atoms with E-state index in [1.807, 2.05) is 0 Å². The second-order valence-electron chi connectivity index (χ2n) is 1.07. The van der Waals surface area contributed by atoms with E-state index in [2.05, 4.69) is 0 Å². The van der Waals surface area contributed by atoms with Crippen molar-refractivity contribution in [3.05, 3.63) is 0 Å². The Bertz CT molecular complexity index is 71.6. The molecule has 0 amide bonds. The fourth-order valence-electron chi connectivity index (χ4n) is 0. The molecule has 9 heteroatoms. The van der Waals surface area contributed by atoms with Gasteiger partial charge >= 0.3 is 33.3 Å². The van der Waals surface area contributed by atoms with Crippen molar-refractivity contribution in [2.45, 2.75) is 0 Å². The third-order valence-electron chi connectivity index (χ3n) is 0. The molecule has 0 aliphatic heterocycles. The Morgan fingerprint density at radius 1 is 0.667 bits per heavy atom. The van der Waals surface area contributed by atoms with E-state index in [0.29, 0.717) is 0 Å². The van der Waals surface area contributed by atoms with Crippen molar-refractivity contribution in [1.29, 1.82) is 0 Å². The third-order valence-corrected chi connectivity index (χ3v) is 0. The van der Waals surface area contributed by atoms with E-state index in [4.69, 9.17) is 0 Å². The zero-order valence-electron chi connectivity index (χ0n) is 3.85. The minimum absolute atomic E-state index is 0. The fourth-order valence-corrected chi connectivity index (χ4v) is 0.